The van der Waals surface area contributed by atoms with Crippen LogP contribution in [0.5, 0.6) is 0 Å². The first-order chi connectivity index (χ1) is 7.97. The molecule has 0 aromatic heterocycles. The number of carbonyl (C=O) groups excluding carboxylic acids is 2. The van der Waals surface area contributed by atoms with Crippen molar-refractivity contribution in [3.63, 3.8) is 0 Å². The molecule has 0 aromatic carbocycles. The summed E-state index contributed by atoms with van der Waals surface area (Å²) < 4.78 is 9.80. The van der Waals surface area contributed by atoms with Gasteiger partial charge in [0.2, 0.25) is 0 Å². The van der Waals surface area contributed by atoms with Gasteiger partial charge in [-0.15, -0.1) is 0 Å². The molecule has 0 heterocycles. The lowest BCUT2D eigenvalue weighted by Crippen LogP contribution is -2.45. The van der Waals surface area contributed by atoms with Crippen molar-refractivity contribution < 1.29 is 19.1 Å². The molecule has 0 aromatic rings. The van der Waals surface area contributed by atoms with Gasteiger partial charge in [-0.1, -0.05) is 0 Å². The largest absolute Gasteiger partial charge is 0.467 e. The van der Waals surface area contributed by atoms with Crippen molar-refractivity contribution >= 4 is 12.0 Å². The number of methoxy groups -OCH3 is 1. The standard InChI is InChI=1S/C11H22N2O4/c1-8(2)17-7-5-6-12-11(15)13-9(3)10(14)16-4/h8-9H,5-7H2,1-4H3,(H2,12,13,15). The second-order valence-electron chi connectivity index (χ2n) is 3.92. The van der Waals surface area contributed by atoms with Crippen LogP contribution in [0.25, 0.3) is 0 Å². The van der Waals surface area contributed by atoms with Gasteiger partial charge >= 0.3 is 12.0 Å². The van der Waals surface area contributed by atoms with Crippen LogP contribution in [0.15, 0.2) is 0 Å². The van der Waals surface area contributed by atoms with Crippen LogP contribution in [0.2, 0.25) is 0 Å². The molecule has 0 spiro atoms. The number of urea groups is 1. The van der Waals surface area contributed by atoms with E-state index in [0.29, 0.717) is 13.2 Å². The van der Waals surface area contributed by atoms with E-state index in [1.165, 1.54) is 7.11 Å². The Labute approximate surface area is 102 Å². The van der Waals surface area contributed by atoms with E-state index in [0.717, 1.165) is 6.42 Å². The minimum absolute atomic E-state index is 0.197. The second kappa shape index (κ2) is 8.81. The Morgan fingerprint density at radius 1 is 1.24 bits per heavy atom. The molecule has 2 amide bonds. The van der Waals surface area contributed by atoms with Crippen molar-refractivity contribution in [3.8, 4) is 0 Å². The van der Waals surface area contributed by atoms with Crippen LogP contribution < -0.4 is 10.6 Å². The number of amides is 2. The number of hydrogen-bond donors (Lipinski definition) is 2. The van der Waals surface area contributed by atoms with E-state index in [-0.39, 0.29) is 12.1 Å². The van der Waals surface area contributed by atoms with Crippen LogP contribution in [0.4, 0.5) is 4.79 Å². The molecule has 1 atom stereocenters. The van der Waals surface area contributed by atoms with Gasteiger partial charge in [0.1, 0.15) is 6.04 Å². The van der Waals surface area contributed by atoms with Gasteiger partial charge in [-0.05, 0) is 27.2 Å². The van der Waals surface area contributed by atoms with Crippen LogP contribution in [-0.2, 0) is 14.3 Å². The van der Waals surface area contributed by atoms with Gasteiger partial charge in [0, 0.05) is 13.2 Å². The lowest BCUT2D eigenvalue weighted by Gasteiger charge is -2.12. The average molecular weight is 246 g/mol. The Balaban J connectivity index is 3.56. The van der Waals surface area contributed by atoms with Crippen molar-refractivity contribution in [2.45, 2.75) is 39.3 Å². The normalized spacial score (nSPS) is 12.1. The first-order valence-electron chi connectivity index (χ1n) is 5.71. The number of ether oxygens (including phenoxy) is 2. The zero-order valence-corrected chi connectivity index (χ0v) is 10.9. The maximum absolute atomic E-state index is 11.3. The summed E-state index contributed by atoms with van der Waals surface area (Å²) in [4.78, 5) is 22.3. The Morgan fingerprint density at radius 2 is 1.88 bits per heavy atom. The molecule has 0 fully saturated rings. The topological polar surface area (TPSA) is 76.7 Å². The van der Waals surface area contributed by atoms with Gasteiger partial charge in [-0.3, -0.25) is 0 Å². The van der Waals surface area contributed by atoms with E-state index in [9.17, 15) is 9.59 Å². The molecule has 0 bridgehead atoms. The van der Waals surface area contributed by atoms with Crippen LogP contribution in [0.1, 0.15) is 27.2 Å². The van der Waals surface area contributed by atoms with Crippen LogP contribution in [0, 0.1) is 0 Å². The van der Waals surface area contributed by atoms with Crippen molar-refractivity contribution in [2.24, 2.45) is 0 Å². The lowest BCUT2D eigenvalue weighted by molar-refractivity contribution is -0.142. The van der Waals surface area contributed by atoms with E-state index in [1.807, 2.05) is 13.8 Å². The molecule has 0 saturated heterocycles. The molecule has 0 aliphatic heterocycles. The Bertz CT molecular complexity index is 244. The number of hydrogen-bond acceptors (Lipinski definition) is 4. The highest BCUT2D eigenvalue weighted by Gasteiger charge is 2.14. The molecule has 0 aliphatic rings. The highest BCUT2D eigenvalue weighted by Crippen LogP contribution is 1.89. The van der Waals surface area contributed by atoms with Gasteiger partial charge in [-0.25, -0.2) is 9.59 Å². The number of carbonyl (C=O) groups is 2. The van der Waals surface area contributed by atoms with Crippen molar-refractivity contribution in [2.75, 3.05) is 20.3 Å². The Hall–Kier alpha value is -1.30. The van der Waals surface area contributed by atoms with E-state index in [4.69, 9.17) is 4.74 Å². The summed E-state index contributed by atoms with van der Waals surface area (Å²) in [6.07, 6.45) is 0.932. The van der Waals surface area contributed by atoms with Crippen LogP contribution in [0.3, 0.4) is 0 Å². The number of esters is 1. The fourth-order valence-corrected chi connectivity index (χ4v) is 1.08. The predicted octanol–water partition coefficient (Wildman–Crippen LogP) is 0.662. The molecule has 100 valence electrons. The summed E-state index contributed by atoms with van der Waals surface area (Å²) in [5.74, 6) is -0.469. The zero-order chi connectivity index (χ0) is 13.3. The summed E-state index contributed by atoms with van der Waals surface area (Å²) in [7, 11) is 1.28. The summed E-state index contributed by atoms with van der Waals surface area (Å²) >= 11 is 0. The average Bonchev–Trinajstić information content (AvgIpc) is 2.26. The van der Waals surface area contributed by atoms with Crippen molar-refractivity contribution in [1.29, 1.82) is 0 Å². The minimum Gasteiger partial charge on any atom is -0.467 e. The summed E-state index contributed by atoms with van der Waals surface area (Å²) in [5, 5.41) is 5.09. The van der Waals surface area contributed by atoms with Gasteiger partial charge in [0.25, 0.3) is 0 Å². The minimum atomic E-state index is -0.646. The SMILES string of the molecule is COC(=O)C(C)NC(=O)NCCCOC(C)C. The fraction of sp³-hybridized carbons (Fsp3) is 0.818. The second-order valence-corrected chi connectivity index (χ2v) is 3.92. The van der Waals surface area contributed by atoms with Crippen LogP contribution >= 0.6 is 0 Å². The van der Waals surface area contributed by atoms with Gasteiger partial charge in [-0.2, -0.15) is 0 Å². The third-order valence-electron chi connectivity index (χ3n) is 1.96. The summed E-state index contributed by atoms with van der Waals surface area (Å²) in [6, 6.07) is -1.03. The molecule has 0 radical (unpaired) electrons. The monoisotopic (exact) mass is 246 g/mol. The number of rotatable bonds is 7. The molecule has 6 nitrogen and oxygen atoms in total. The molecule has 6 heteroatoms. The molecule has 0 rings (SSSR count). The molecule has 1 unspecified atom stereocenters. The first-order valence-corrected chi connectivity index (χ1v) is 5.71. The van der Waals surface area contributed by atoms with Crippen molar-refractivity contribution in [3.05, 3.63) is 0 Å². The molecular weight excluding hydrogens is 224 g/mol. The predicted molar refractivity (Wildman–Crippen MR) is 63.7 cm³/mol. The molecule has 0 saturated carbocycles. The quantitative estimate of drug-likeness (QED) is 0.511. The highest BCUT2D eigenvalue weighted by molar-refractivity contribution is 5.83. The summed E-state index contributed by atoms with van der Waals surface area (Å²) in [5.41, 5.74) is 0. The zero-order valence-electron chi connectivity index (χ0n) is 10.9. The maximum Gasteiger partial charge on any atom is 0.328 e. The van der Waals surface area contributed by atoms with E-state index < -0.39 is 12.0 Å². The van der Waals surface area contributed by atoms with E-state index in [1.54, 1.807) is 6.92 Å². The van der Waals surface area contributed by atoms with Crippen molar-refractivity contribution in [1.82, 2.24) is 10.6 Å². The van der Waals surface area contributed by atoms with Gasteiger partial charge in [0.15, 0.2) is 0 Å². The molecule has 17 heavy (non-hydrogen) atoms. The number of nitrogens with one attached hydrogen (secondary N) is 2. The van der Waals surface area contributed by atoms with E-state index in [2.05, 4.69) is 15.4 Å². The first kappa shape index (κ1) is 15.7. The Kier molecular flexibility index (Phi) is 8.13. The summed E-state index contributed by atoms with van der Waals surface area (Å²) in [6.45, 7) is 6.58. The van der Waals surface area contributed by atoms with Gasteiger partial charge in [0.05, 0.1) is 13.2 Å². The van der Waals surface area contributed by atoms with Gasteiger partial charge < -0.3 is 20.1 Å². The third-order valence-corrected chi connectivity index (χ3v) is 1.96. The van der Waals surface area contributed by atoms with Crippen LogP contribution in [-0.4, -0.2) is 44.4 Å². The molecule has 0 aliphatic carbocycles. The molecule has 2 N–H and O–H groups in total. The third kappa shape index (κ3) is 8.50. The Morgan fingerprint density at radius 3 is 2.41 bits per heavy atom. The fourth-order valence-electron chi connectivity index (χ4n) is 1.08. The lowest BCUT2D eigenvalue weighted by atomic mass is 10.3. The smallest absolute Gasteiger partial charge is 0.328 e. The van der Waals surface area contributed by atoms with E-state index >= 15 is 0 Å². The maximum atomic E-state index is 11.3. The molecular formula is C11H22N2O4. The highest BCUT2D eigenvalue weighted by atomic mass is 16.5.